The minimum Gasteiger partial charge on any atom is -0.508 e. The largest absolute Gasteiger partial charge is 0.508 e. The van der Waals surface area contributed by atoms with E-state index in [0.717, 1.165) is 31.7 Å². The SMILES string of the molecule is CN1CCN(Cc2cc(N)ccc2O)CC1(C)C. The standard InChI is InChI=1S/C14H23N3O/c1-14(2)10-17(7-6-16(14)3)9-11-8-12(15)4-5-13(11)18/h4-5,8,18H,6-7,9-10,15H2,1-3H3. The second-order valence-corrected chi connectivity index (χ2v) is 5.83. The maximum absolute atomic E-state index is 9.86. The average molecular weight is 249 g/mol. The molecule has 0 bridgehead atoms. The molecule has 3 N–H and O–H groups in total. The number of likely N-dealkylation sites (N-methyl/N-ethyl adjacent to an activating group) is 1. The van der Waals surface area contributed by atoms with Gasteiger partial charge in [-0.2, -0.15) is 0 Å². The summed E-state index contributed by atoms with van der Waals surface area (Å²) < 4.78 is 0. The minimum absolute atomic E-state index is 0.175. The maximum Gasteiger partial charge on any atom is 0.120 e. The number of rotatable bonds is 2. The highest BCUT2D eigenvalue weighted by Gasteiger charge is 2.31. The Morgan fingerprint density at radius 1 is 1.33 bits per heavy atom. The Bertz CT molecular complexity index is 431. The number of nitrogen functional groups attached to an aromatic ring is 1. The van der Waals surface area contributed by atoms with Crippen LogP contribution in [0, 0.1) is 0 Å². The zero-order valence-electron chi connectivity index (χ0n) is 11.5. The summed E-state index contributed by atoms with van der Waals surface area (Å²) in [4.78, 5) is 4.75. The van der Waals surface area contributed by atoms with Crippen molar-refractivity contribution in [3.05, 3.63) is 23.8 Å². The van der Waals surface area contributed by atoms with E-state index >= 15 is 0 Å². The molecule has 0 spiro atoms. The van der Waals surface area contributed by atoms with Crippen molar-refractivity contribution in [2.24, 2.45) is 0 Å². The molecule has 0 radical (unpaired) electrons. The van der Waals surface area contributed by atoms with Crippen molar-refractivity contribution < 1.29 is 5.11 Å². The number of nitrogens with zero attached hydrogens (tertiary/aromatic N) is 2. The van der Waals surface area contributed by atoms with Crippen LogP contribution in [0.5, 0.6) is 5.75 Å². The maximum atomic E-state index is 9.86. The third-order valence-electron chi connectivity index (χ3n) is 3.89. The molecule has 4 nitrogen and oxygen atoms in total. The third kappa shape index (κ3) is 2.76. The van der Waals surface area contributed by atoms with Gasteiger partial charge >= 0.3 is 0 Å². The molecule has 0 unspecified atom stereocenters. The Kier molecular flexibility index (Phi) is 3.50. The van der Waals surface area contributed by atoms with Gasteiger partial charge in [-0.05, 0) is 39.1 Å². The molecule has 4 heteroatoms. The molecule has 0 amide bonds. The van der Waals surface area contributed by atoms with Crippen LogP contribution in [-0.2, 0) is 6.54 Å². The number of hydrogen-bond acceptors (Lipinski definition) is 4. The zero-order valence-corrected chi connectivity index (χ0v) is 11.5. The van der Waals surface area contributed by atoms with Gasteiger partial charge < -0.3 is 10.8 Å². The summed E-state index contributed by atoms with van der Waals surface area (Å²) in [6, 6.07) is 5.26. The molecule has 18 heavy (non-hydrogen) atoms. The molecule has 1 aromatic carbocycles. The van der Waals surface area contributed by atoms with Gasteiger partial charge in [0.1, 0.15) is 5.75 Å². The van der Waals surface area contributed by atoms with E-state index in [2.05, 4.69) is 30.7 Å². The Labute approximate surface area is 109 Å². The van der Waals surface area contributed by atoms with Crippen LogP contribution in [0.25, 0.3) is 0 Å². The van der Waals surface area contributed by atoms with Gasteiger partial charge in [0, 0.05) is 43.0 Å². The van der Waals surface area contributed by atoms with Crippen LogP contribution < -0.4 is 5.73 Å². The van der Waals surface area contributed by atoms with Gasteiger partial charge in [0.25, 0.3) is 0 Å². The van der Waals surface area contributed by atoms with Crippen LogP contribution in [0.15, 0.2) is 18.2 Å². The van der Waals surface area contributed by atoms with Gasteiger partial charge in [-0.15, -0.1) is 0 Å². The lowest BCUT2D eigenvalue weighted by molar-refractivity contribution is 0.0357. The first kappa shape index (κ1) is 13.2. The van der Waals surface area contributed by atoms with Crippen LogP contribution in [-0.4, -0.2) is 47.1 Å². The number of piperazine rings is 1. The molecule has 2 rings (SSSR count). The number of anilines is 1. The second-order valence-electron chi connectivity index (χ2n) is 5.83. The van der Waals surface area contributed by atoms with Gasteiger partial charge in [-0.25, -0.2) is 0 Å². The molecular formula is C14H23N3O. The average Bonchev–Trinajstić information content (AvgIpc) is 2.28. The lowest BCUT2D eigenvalue weighted by Gasteiger charge is -2.45. The van der Waals surface area contributed by atoms with E-state index in [1.165, 1.54) is 0 Å². The van der Waals surface area contributed by atoms with E-state index in [4.69, 9.17) is 5.73 Å². The van der Waals surface area contributed by atoms with Crippen LogP contribution >= 0.6 is 0 Å². The number of benzene rings is 1. The predicted molar refractivity (Wildman–Crippen MR) is 74.5 cm³/mol. The number of nitrogens with two attached hydrogens (primary N) is 1. The summed E-state index contributed by atoms with van der Waals surface area (Å²) in [6.07, 6.45) is 0. The van der Waals surface area contributed by atoms with Crippen molar-refractivity contribution in [3.63, 3.8) is 0 Å². The van der Waals surface area contributed by atoms with E-state index in [0.29, 0.717) is 11.4 Å². The predicted octanol–water partition coefficient (Wildman–Crippen LogP) is 1.50. The fourth-order valence-corrected chi connectivity index (χ4v) is 2.45. The van der Waals surface area contributed by atoms with Crippen LogP contribution in [0.4, 0.5) is 5.69 Å². The summed E-state index contributed by atoms with van der Waals surface area (Å²) in [5.74, 6) is 0.334. The van der Waals surface area contributed by atoms with Crippen molar-refractivity contribution in [3.8, 4) is 5.75 Å². The van der Waals surface area contributed by atoms with E-state index in [1.54, 1.807) is 12.1 Å². The fraction of sp³-hybridized carbons (Fsp3) is 0.571. The van der Waals surface area contributed by atoms with Crippen LogP contribution in [0.2, 0.25) is 0 Å². The molecule has 1 aliphatic heterocycles. The summed E-state index contributed by atoms with van der Waals surface area (Å²) in [5.41, 5.74) is 7.56. The van der Waals surface area contributed by atoms with Crippen molar-refractivity contribution in [2.75, 3.05) is 32.4 Å². The Morgan fingerprint density at radius 3 is 2.72 bits per heavy atom. The zero-order chi connectivity index (χ0) is 13.3. The Morgan fingerprint density at radius 2 is 2.06 bits per heavy atom. The number of phenols is 1. The first-order valence-electron chi connectivity index (χ1n) is 6.39. The summed E-state index contributed by atoms with van der Waals surface area (Å²) in [5, 5.41) is 9.86. The Balaban J connectivity index is 2.08. The highest BCUT2D eigenvalue weighted by molar-refractivity contribution is 5.47. The second kappa shape index (κ2) is 4.78. The quantitative estimate of drug-likeness (QED) is 0.616. The number of aromatic hydroxyl groups is 1. The third-order valence-corrected chi connectivity index (χ3v) is 3.89. The molecule has 0 saturated carbocycles. The molecule has 0 aliphatic carbocycles. The monoisotopic (exact) mass is 249 g/mol. The van der Waals surface area contributed by atoms with Crippen LogP contribution in [0.1, 0.15) is 19.4 Å². The fourth-order valence-electron chi connectivity index (χ4n) is 2.45. The summed E-state index contributed by atoms with van der Waals surface area (Å²) in [6.45, 7) is 8.33. The molecule has 0 atom stereocenters. The normalized spacial score (nSPS) is 21.1. The lowest BCUT2D eigenvalue weighted by Crippen LogP contribution is -2.57. The van der Waals surface area contributed by atoms with Crippen molar-refractivity contribution >= 4 is 5.69 Å². The number of hydrogen-bond donors (Lipinski definition) is 2. The lowest BCUT2D eigenvalue weighted by atomic mass is 9.99. The van der Waals surface area contributed by atoms with Gasteiger partial charge in [-0.3, -0.25) is 9.80 Å². The molecule has 1 saturated heterocycles. The smallest absolute Gasteiger partial charge is 0.120 e. The van der Waals surface area contributed by atoms with E-state index in [9.17, 15) is 5.11 Å². The van der Waals surface area contributed by atoms with Crippen molar-refractivity contribution in [1.29, 1.82) is 0 Å². The van der Waals surface area contributed by atoms with Crippen LogP contribution in [0.3, 0.4) is 0 Å². The van der Waals surface area contributed by atoms with E-state index in [1.807, 2.05) is 6.07 Å². The topological polar surface area (TPSA) is 52.7 Å². The van der Waals surface area contributed by atoms with Gasteiger partial charge in [-0.1, -0.05) is 0 Å². The molecule has 1 fully saturated rings. The van der Waals surface area contributed by atoms with Crippen molar-refractivity contribution in [1.82, 2.24) is 9.80 Å². The Hall–Kier alpha value is -1.26. The highest BCUT2D eigenvalue weighted by Crippen LogP contribution is 2.25. The number of phenolic OH excluding ortho intramolecular Hbond substituents is 1. The van der Waals surface area contributed by atoms with Gasteiger partial charge in [0.05, 0.1) is 0 Å². The van der Waals surface area contributed by atoms with E-state index in [-0.39, 0.29) is 5.54 Å². The highest BCUT2D eigenvalue weighted by atomic mass is 16.3. The summed E-state index contributed by atoms with van der Waals surface area (Å²) in [7, 11) is 2.16. The van der Waals surface area contributed by atoms with Crippen molar-refractivity contribution in [2.45, 2.75) is 25.9 Å². The van der Waals surface area contributed by atoms with Gasteiger partial charge in [0.2, 0.25) is 0 Å². The molecule has 1 heterocycles. The molecule has 100 valence electrons. The summed E-state index contributed by atoms with van der Waals surface area (Å²) >= 11 is 0. The minimum atomic E-state index is 0.175. The molecule has 0 aromatic heterocycles. The van der Waals surface area contributed by atoms with Gasteiger partial charge in [0.15, 0.2) is 0 Å². The van der Waals surface area contributed by atoms with E-state index < -0.39 is 0 Å². The molecule has 1 aromatic rings. The first-order chi connectivity index (χ1) is 8.38. The molecular weight excluding hydrogens is 226 g/mol. The molecule has 1 aliphatic rings. The first-order valence-corrected chi connectivity index (χ1v) is 6.39.